The van der Waals surface area contributed by atoms with E-state index in [1.54, 1.807) is 16.9 Å². The highest BCUT2D eigenvalue weighted by Gasteiger charge is 2.23. The molecule has 0 bridgehead atoms. The largest absolute Gasteiger partial charge is 0.348 e. The lowest BCUT2D eigenvalue weighted by atomic mass is 10.1. The molecule has 6 nitrogen and oxygen atoms in total. The van der Waals surface area contributed by atoms with Gasteiger partial charge in [-0.1, -0.05) is 6.08 Å². The standard InChI is InChI=1S/C16H14F2N6.2H2/c1-16(17,18)9-20-15-19-8-11-10(2-3-12(11)23-15)13-5-7-24-14(22-13)4-6-21-24;;/h2,4-8H,3,9H2,1H3,(H,19,20,23);2*1H. The van der Waals surface area contributed by atoms with E-state index in [2.05, 4.69) is 25.4 Å². The predicted octanol–water partition coefficient (Wildman–Crippen LogP) is 3.07. The smallest absolute Gasteiger partial charge is 0.262 e. The molecule has 8 heteroatoms. The van der Waals surface area contributed by atoms with Gasteiger partial charge in [-0.3, -0.25) is 0 Å². The number of rotatable bonds is 4. The lowest BCUT2D eigenvalue weighted by molar-refractivity contribution is 0.0366. The van der Waals surface area contributed by atoms with Crippen LogP contribution < -0.4 is 5.32 Å². The lowest BCUT2D eigenvalue weighted by Gasteiger charge is -2.12. The minimum Gasteiger partial charge on any atom is -0.348 e. The normalized spacial score (nSPS) is 13.9. The summed E-state index contributed by atoms with van der Waals surface area (Å²) in [7, 11) is 0. The van der Waals surface area contributed by atoms with Crippen molar-refractivity contribution in [2.45, 2.75) is 19.3 Å². The Balaban J connectivity index is 0.00000121. The van der Waals surface area contributed by atoms with Crippen LogP contribution in [0.1, 0.15) is 26.7 Å². The van der Waals surface area contributed by atoms with E-state index in [1.807, 2.05) is 24.4 Å². The Morgan fingerprint density at radius 2 is 2.21 bits per heavy atom. The van der Waals surface area contributed by atoms with Crippen molar-refractivity contribution in [2.75, 3.05) is 11.9 Å². The van der Waals surface area contributed by atoms with Crippen molar-refractivity contribution in [3.05, 3.63) is 53.8 Å². The molecule has 24 heavy (non-hydrogen) atoms. The molecule has 0 saturated carbocycles. The summed E-state index contributed by atoms with van der Waals surface area (Å²) in [5.41, 5.74) is 4.19. The molecule has 1 N–H and O–H groups in total. The highest BCUT2D eigenvalue weighted by atomic mass is 19.3. The molecule has 3 aromatic rings. The van der Waals surface area contributed by atoms with Crippen molar-refractivity contribution in [1.82, 2.24) is 24.6 Å². The number of halogens is 2. The summed E-state index contributed by atoms with van der Waals surface area (Å²) in [6, 6.07) is 3.71. The van der Waals surface area contributed by atoms with Crippen molar-refractivity contribution in [2.24, 2.45) is 0 Å². The van der Waals surface area contributed by atoms with Crippen molar-refractivity contribution >= 4 is 17.2 Å². The molecular formula is C16H18F2N6. The van der Waals surface area contributed by atoms with E-state index in [0.29, 0.717) is 6.42 Å². The SMILES string of the molecule is CC(F)(F)CNc1ncc2c(n1)CC=C2c1ccn2nccc2n1.[HH].[HH]. The molecule has 3 aromatic heterocycles. The second-order valence-corrected chi connectivity index (χ2v) is 5.75. The van der Waals surface area contributed by atoms with E-state index < -0.39 is 12.5 Å². The summed E-state index contributed by atoms with van der Waals surface area (Å²) in [6.45, 7) is 0.358. The fourth-order valence-corrected chi connectivity index (χ4v) is 2.63. The van der Waals surface area contributed by atoms with Gasteiger partial charge in [-0.05, 0) is 6.07 Å². The first-order valence-corrected chi connectivity index (χ1v) is 7.48. The lowest BCUT2D eigenvalue weighted by Crippen LogP contribution is -2.24. The molecule has 0 saturated heterocycles. The molecule has 3 heterocycles. The van der Waals surface area contributed by atoms with Gasteiger partial charge in [0.05, 0.1) is 24.1 Å². The number of hydrogen-bond acceptors (Lipinski definition) is 5. The molecule has 0 unspecified atom stereocenters. The van der Waals surface area contributed by atoms with Crippen molar-refractivity contribution in [3.8, 4) is 0 Å². The zero-order chi connectivity index (χ0) is 16.7. The summed E-state index contributed by atoms with van der Waals surface area (Å²) < 4.78 is 27.5. The van der Waals surface area contributed by atoms with Gasteiger partial charge < -0.3 is 5.32 Å². The average molecular weight is 332 g/mol. The summed E-state index contributed by atoms with van der Waals surface area (Å²) in [6.07, 6.45) is 7.83. The number of hydrogen-bond donors (Lipinski definition) is 1. The third kappa shape index (κ3) is 2.70. The molecule has 0 radical (unpaired) electrons. The zero-order valence-electron chi connectivity index (χ0n) is 12.9. The average Bonchev–Trinajstić information content (AvgIpc) is 3.17. The molecule has 0 aliphatic heterocycles. The van der Waals surface area contributed by atoms with Gasteiger partial charge in [0.15, 0.2) is 5.65 Å². The van der Waals surface area contributed by atoms with Gasteiger partial charge in [0.1, 0.15) is 0 Å². The molecule has 1 aliphatic carbocycles. The molecule has 1 aliphatic rings. The van der Waals surface area contributed by atoms with Crippen LogP contribution in [0.3, 0.4) is 0 Å². The summed E-state index contributed by atoms with van der Waals surface area (Å²) in [4.78, 5) is 13.0. The summed E-state index contributed by atoms with van der Waals surface area (Å²) in [5, 5.41) is 6.69. The summed E-state index contributed by atoms with van der Waals surface area (Å²) >= 11 is 0. The fourth-order valence-electron chi connectivity index (χ4n) is 2.63. The van der Waals surface area contributed by atoms with Crippen molar-refractivity contribution in [1.29, 1.82) is 0 Å². The molecule has 0 spiro atoms. The Labute approximate surface area is 139 Å². The van der Waals surface area contributed by atoms with E-state index in [1.165, 1.54) is 0 Å². The third-order valence-corrected chi connectivity index (χ3v) is 3.75. The molecule has 0 fully saturated rings. The van der Waals surface area contributed by atoms with Gasteiger partial charge in [-0.2, -0.15) is 5.10 Å². The minimum absolute atomic E-state index is 0. The second-order valence-electron chi connectivity index (χ2n) is 5.75. The van der Waals surface area contributed by atoms with E-state index in [-0.39, 0.29) is 8.80 Å². The number of nitrogens with zero attached hydrogens (tertiary/aromatic N) is 5. The topological polar surface area (TPSA) is 68.0 Å². The predicted molar refractivity (Wildman–Crippen MR) is 89.1 cm³/mol. The number of aromatic nitrogens is 5. The first-order valence-electron chi connectivity index (χ1n) is 7.48. The summed E-state index contributed by atoms with van der Waals surface area (Å²) in [5.74, 6) is -2.60. The number of anilines is 1. The van der Waals surface area contributed by atoms with Crippen LogP contribution in [-0.2, 0) is 6.42 Å². The Bertz CT molecular complexity index is 951. The number of nitrogens with one attached hydrogen (secondary N) is 1. The molecule has 4 rings (SSSR count). The Morgan fingerprint density at radius 1 is 1.33 bits per heavy atom. The third-order valence-electron chi connectivity index (χ3n) is 3.75. The Morgan fingerprint density at radius 3 is 3.04 bits per heavy atom. The van der Waals surface area contributed by atoms with Crippen LogP contribution in [0.15, 0.2) is 36.8 Å². The minimum atomic E-state index is -2.81. The van der Waals surface area contributed by atoms with Crippen molar-refractivity contribution in [3.63, 3.8) is 0 Å². The maximum absolute atomic E-state index is 12.9. The van der Waals surface area contributed by atoms with Gasteiger partial charge in [0.2, 0.25) is 5.95 Å². The van der Waals surface area contributed by atoms with E-state index in [4.69, 9.17) is 0 Å². The Kier molecular flexibility index (Phi) is 3.26. The molecule has 0 amide bonds. The van der Waals surface area contributed by atoms with Crippen LogP contribution in [0.25, 0.3) is 11.2 Å². The maximum Gasteiger partial charge on any atom is 0.262 e. The highest BCUT2D eigenvalue weighted by Crippen LogP contribution is 2.31. The van der Waals surface area contributed by atoms with Crippen LogP contribution in [0.5, 0.6) is 0 Å². The van der Waals surface area contributed by atoms with Gasteiger partial charge >= 0.3 is 0 Å². The van der Waals surface area contributed by atoms with Gasteiger partial charge in [-0.15, -0.1) is 0 Å². The van der Waals surface area contributed by atoms with E-state index in [0.717, 1.165) is 35.1 Å². The molecular weight excluding hydrogens is 314 g/mol. The van der Waals surface area contributed by atoms with Crippen molar-refractivity contribution < 1.29 is 11.6 Å². The Hall–Kier alpha value is -2.90. The van der Waals surface area contributed by atoms with Crippen LogP contribution in [-0.4, -0.2) is 37.0 Å². The second kappa shape index (κ2) is 5.33. The van der Waals surface area contributed by atoms with Crippen LogP contribution in [0.2, 0.25) is 0 Å². The number of fused-ring (bicyclic) bond motifs is 2. The maximum atomic E-state index is 12.9. The van der Waals surface area contributed by atoms with Crippen LogP contribution in [0, 0.1) is 0 Å². The monoisotopic (exact) mass is 332 g/mol. The van der Waals surface area contributed by atoms with Gasteiger partial charge in [0, 0.05) is 45.8 Å². The first-order chi connectivity index (χ1) is 11.5. The highest BCUT2D eigenvalue weighted by molar-refractivity contribution is 5.82. The molecule has 0 aromatic carbocycles. The quantitative estimate of drug-likeness (QED) is 0.795. The number of alkyl halides is 2. The zero-order valence-corrected chi connectivity index (χ0v) is 12.9. The molecule has 0 atom stereocenters. The fraction of sp³-hybridized carbons (Fsp3) is 0.250. The van der Waals surface area contributed by atoms with Gasteiger partial charge in [0.25, 0.3) is 5.92 Å². The number of allylic oxidation sites excluding steroid dienone is 1. The van der Waals surface area contributed by atoms with Crippen LogP contribution in [0.4, 0.5) is 14.7 Å². The first kappa shape index (κ1) is 14.7. The molecule has 126 valence electrons. The van der Waals surface area contributed by atoms with E-state index in [9.17, 15) is 8.78 Å². The van der Waals surface area contributed by atoms with Gasteiger partial charge in [-0.25, -0.2) is 28.2 Å². The van der Waals surface area contributed by atoms with E-state index >= 15 is 0 Å². The van der Waals surface area contributed by atoms with Crippen LogP contribution >= 0.6 is 0 Å².